The van der Waals surface area contributed by atoms with Gasteiger partial charge in [-0.1, -0.05) is 12.1 Å². The summed E-state index contributed by atoms with van der Waals surface area (Å²) >= 11 is 1.68. The number of ether oxygens (including phenoxy) is 1. The van der Waals surface area contributed by atoms with Crippen LogP contribution in [0, 0.1) is 6.92 Å². The molecule has 0 radical (unpaired) electrons. The van der Waals surface area contributed by atoms with E-state index in [-0.39, 0.29) is 0 Å². The molecule has 1 heterocycles. The van der Waals surface area contributed by atoms with E-state index in [1.807, 2.05) is 13.0 Å². The van der Waals surface area contributed by atoms with Crippen molar-refractivity contribution in [3.05, 3.63) is 42.4 Å². The molecule has 0 unspecified atom stereocenters. The number of benzene rings is 1. The number of hydrogen-bond donors (Lipinski definition) is 2. The Morgan fingerprint density at radius 2 is 1.95 bits per heavy atom. The van der Waals surface area contributed by atoms with Gasteiger partial charge in [0.2, 0.25) is 0 Å². The first-order chi connectivity index (χ1) is 9.16. The zero-order valence-electron chi connectivity index (χ0n) is 10.6. The van der Waals surface area contributed by atoms with E-state index >= 15 is 0 Å². The van der Waals surface area contributed by atoms with E-state index < -0.39 is 7.12 Å². The van der Waals surface area contributed by atoms with Crippen LogP contribution in [0.15, 0.2) is 45.9 Å². The zero-order chi connectivity index (χ0) is 13.7. The van der Waals surface area contributed by atoms with Gasteiger partial charge in [0.1, 0.15) is 11.5 Å². The largest absolute Gasteiger partial charge is 0.493 e. The van der Waals surface area contributed by atoms with Gasteiger partial charge in [0.05, 0.1) is 12.9 Å². The quantitative estimate of drug-likeness (QED) is 0.475. The third kappa shape index (κ3) is 4.06. The highest BCUT2D eigenvalue weighted by atomic mass is 32.2. The average molecular weight is 278 g/mol. The molecule has 4 nitrogen and oxygen atoms in total. The summed E-state index contributed by atoms with van der Waals surface area (Å²) in [5, 5.41) is 17.9. The van der Waals surface area contributed by atoms with Crippen molar-refractivity contribution in [3.8, 4) is 5.75 Å². The van der Waals surface area contributed by atoms with Crippen LogP contribution in [-0.4, -0.2) is 29.5 Å². The molecule has 2 aromatic rings. The fraction of sp³-hybridized carbons (Fsp3) is 0.231. The van der Waals surface area contributed by atoms with Crippen LogP contribution in [0.4, 0.5) is 0 Å². The molecule has 6 heteroatoms. The van der Waals surface area contributed by atoms with Gasteiger partial charge in [0.15, 0.2) is 0 Å². The molecular formula is C13H15BO4S. The maximum Gasteiger partial charge on any atom is 0.488 e. The SMILES string of the molecule is Cc1occc1SCCOc1ccc(B(O)O)cc1. The third-order valence-electron chi connectivity index (χ3n) is 2.60. The molecule has 0 fully saturated rings. The van der Waals surface area contributed by atoms with E-state index in [9.17, 15) is 0 Å². The van der Waals surface area contributed by atoms with Crippen molar-refractivity contribution in [2.45, 2.75) is 11.8 Å². The second-order valence-electron chi connectivity index (χ2n) is 3.98. The maximum atomic E-state index is 8.96. The predicted octanol–water partition coefficient (Wildman–Crippen LogP) is 1.44. The van der Waals surface area contributed by atoms with Gasteiger partial charge in [-0.3, -0.25) is 0 Å². The summed E-state index contributed by atoms with van der Waals surface area (Å²) in [4.78, 5) is 1.13. The Labute approximate surface area is 116 Å². The highest BCUT2D eigenvalue weighted by Gasteiger charge is 2.09. The fourth-order valence-corrected chi connectivity index (χ4v) is 2.36. The third-order valence-corrected chi connectivity index (χ3v) is 3.70. The molecule has 0 amide bonds. The van der Waals surface area contributed by atoms with Crippen molar-refractivity contribution >= 4 is 24.3 Å². The Morgan fingerprint density at radius 1 is 1.21 bits per heavy atom. The first kappa shape index (κ1) is 14.1. The van der Waals surface area contributed by atoms with Gasteiger partial charge in [0.25, 0.3) is 0 Å². The van der Waals surface area contributed by atoms with E-state index in [0.717, 1.165) is 16.4 Å². The monoisotopic (exact) mass is 278 g/mol. The molecule has 0 aliphatic heterocycles. The topological polar surface area (TPSA) is 62.8 Å². The summed E-state index contributed by atoms with van der Waals surface area (Å²) in [6.45, 7) is 2.51. The van der Waals surface area contributed by atoms with Crippen LogP contribution < -0.4 is 10.2 Å². The van der Waals surface area contributed by atoms with Gasteiger partial charge in [0, 0.05) is 10.6 Å². The van der Waals surface area contributed by atoms with Crippen LogP contribution in [0.5, 0.6) is 5.75 Å². The van der Waals surface area contributed by atoms with Crippen molar-refractivity contribution in [3.63, 3.8) is 0 Å². The zero-order valence-corrected chi connectivity index (χ0v) is 11.4. The number of aryl methyl sites for hydroxylation is 1. The first-order valence-corrected chi connectivity index (χ1v) is 6.91. The highest BCUT2D eigenvalue weighted by molar-refractivity contribution is 7.99. The molecular weight excluding hydrogens is 263 g/mol. The smallest absolute Gasteiger partial charge is 0.488 e. The summed E-state index contributed by atoms with van der Waals surface area (Å²) in [6.07, 6.45) is 1.68. The Kier molecular flexibility index (Phi) is 4.96. The van der Waals surface area contributed by atoms with Crippen LogP contribution in [0.25, 0.3) is 0 Å². The molecule has 0 atom stereocenters. The van der Waals surface area contributed by atoms with E-state index in [0.29, 0.717) is 17.8 Å². The standard InChI is InChI=1S/C13H15BO4S/c1-10-13(6-7-17-10)19-9-8-18-12-4-2-11(3-5-12)14(15)16/h2-7,15-16H,8-9H2,1H3. The molecule has 1 aromatic heterocycles. The van der Waals surface area contributed by atoms with Gasteiger partial charge in [-0.15, -0.1) is 11.8 Å². The summed E-state index contributed by atoms with van der Waals surface area (Å²) in [5.74, 6) is 2.46. The van der Waals surface area contributed by atoms with Crippen LogP contribution in [0.3, 0.4) is 0 Å². The molecule has 0 spiro atoms. The average Bonchev–Trinajstić information content (AvgIpc) is 2.81. The van der Waals surface area contributed by atoms with Crippen LogP contribution in [0.2, 0.25) is 0 Å². The van der Waals surface area contributed by atoms with Crippen molar-refractivity contribution in [1.82, 2.24) is 0 Å². The number of thioether (sulfide) groups is 1. The molecule has 2 N–H and O–H groups in total. The van der Waals surface area contributed by atoms with Crippen LogP contribution in [-0.2, 0) is 0 Å². The second-order valence-corrected chi connectivity index (χ2v) is 5.12. The van der Waals surface area contributed by atoms with Gasteiger partial charge < -0.3 is 19.2 Å². The summed E-state index contributed by atoms with van der Waals surface area (Å²) in [5.41, 5.74) is 0.454. The molecule has 100 valence electrons. The number of rotatable bonds is 6. The van der Waals surface area contributed by atoms with E-state index in [2.05, 4.69) is 0 Å². The number of hydrogen-bond acceptors (Lipinski definition) is 5. The summed E-state index contributed by atoms with van der Waals surface area (Å²) in [6, 6.07) is 8.66. The minimum Gasteiger partial charge on any atom is -0.493 e. The minimum atomic E-state index is -1.44. The lowest BCUT2D eigenvalue weighted by molar-refractivity contribution is 0.344. The molecule has 0 bridgehead atoms. The fourth-order valence-electron chi connectivity index (χ4n) is 1.57. The van der Waals surface area contributed by atoms with Crippen molar-refractivity contribution in [2.75, 3.05) is 12.4 Å². The van der Waals surface area contributed by atoms with Crippen molar-refractivity contribution < 1.29 is 19.2 Å². The number of furan rings is 1. The van der Waals surface area contributed by atoms with Crippen LogP contribution >= 0.6 is 11.8 Å². The molecule has 0 aliphatic rings. The molecule has 19 heavy (non-hydrogen) atoms. The van der Waals surface area contributed by atoms with Gasteiger partial charge in [-0.2, -0.15) is 0 Å². The lowest BCUT2D eigenvalue weighted by Crippen LogP contribution is -2.29. The molecule has 0 saturated carbocycles. The van der Waals surface area contributed by atoms with E-state index in [1.165, 1.54) is 0 Å². The lowest BCUT2D eigenvalue weighted by atomic mass is 9.80. The van der Waals surface area contributed by atoms with Crippen molar-refractivity contribution in [1.29, 1.82) is 0 Å². The predicted molar refractivity (Wildman–Crippen MR) is 75.9 cm³/mol. The second kappa shape index (κ2) is 6.70. The van der Waals surface area contributed by atoms with E-state index in [1.54, 1.807) is 42.3 Å². The molecule has 2 rings (SSSR count). The van der Waals surface area contributed by atoms with E-state index in [4.69, 9.17) is 19.2 Å². The Balaban J connectivity index is 1.75. The first-order valence-electron chi connectivity index (χ1n) is 5.92. The van der Waals surface area contributed by atoms with Crippen molar-refractivity contribution in [2.24, 2.45) is 0 Å². The van der Waals surface area contributed by atoms with Gasteiger partial charge >= 0.3 is 7.12 Å². The Hall–Kier alpha value is -1.37. The molecule has 0 aliphatic carbocycles. The molecule has 1 aromatic carbocycles. The summed E-state index contributed by atoms with van der Waals surface area (Å²) < 4.78 is 10.8. The Morgan fingerprint density at radius 3 is 2.53 bits per heavy atom. The molecule has 0 saturated heterocycles. The Bertz CT molecular complexity index is 510. The van der Waals surface area contributed by atoms with Crippen LogP contribution in [0.1, 0.15) is 5.76 Å². The minimum absolute atomic E-state index is 0.454. The van der Waals surface area contributed by atoms with Gasteiger partial charge in [-0.05, 0) is 30.6 Å². The normalized spacial score (nSPS) is 10.5. The maximum absolute atomic E-state index is 8.96. The highest BCUT2D eigenvalue weighted by Crippen LogP contribution is 2.22. The van der Waals surface area contributed by atoms with Gasteiger partial charge in [-0.25, -0.2) is 0 Å². The lowest BCUT2D eigenvalue weighted by Gasteiger charge is -2.06. The summed E-state index contributed by atoms with van der Waals surface area (Å²) in [7, 11) is -1.44.